The Kier molecular flexibility index (Phi) is 5.24. The number of carboxylic acid groups (broad SMARTS) is 1. The van der Waals surface area contributed by atoms with Crippen molar-refractivity contribution in [1.29, 1.82) is 0 Å². The first-order valence-electron chi connectivity index (χ1n) is 7.04. The number of hydrogen-bond donors (Lipinski definition) is 2. The minimum atomic E-state index is -0.885. The van der Waals surface area contributed by atoms with E-state index >= 15 is 0 Å². The van der Waals surface area contributed by atoms with Crippen LogP contribution in [0.25, 0.3) is 0 Å². The lowest BCUT2D eigenvalue weighted by Gasteiger charge is -2.17. The van der Waals surface area contributed by atoms with Gasteiger partial charge in [-0.25, -0.2) is 0 Å². The van der Waals surface area contributed by atoms with Crippen molar-refractivity contribution in [2.45, 2.75) is 38.3 Å². The van der Waals surface area contributed by atoms with Crippen molar-refractivity contribution >= 4 is 5.97 Å². The van der Waals surface area contributed by atoms with E-state index in [0.29, 0.717) is 24.1 Å². The minimum Gasteiger partial charge on any atom is -0.490 e. The molecule has 0 spiro atoms. The number of benzene rings is 1. The molecule has 5 nitrogen and oxygen atoms in total. The third-order valence-electron chi connectivity index (χ3n) is 3.03. The van der Waals surface area contributed by atoms with Crippen LogP contribution in [-0.4, -0.2) is 36.4 Å². The molecule has 1 fully saturated rings. The van der Waals surface area contributed by atoms with E-state index in [4.69, 9.17) is 14.6 Å². The fraction of sp³-hybridized carbons (Fsp3) is 0.533. The summed E-state index contributed by atoms with van der Waals surface area (Å²) in [7, 11) is 0. The maximum atomic E-state index is 11.2. The average Bonchev–Trinajstić information content (AvgIpc) is 3.25. The summed E-state index contributed by atoms with van der Waals surface area (Å²) in [6.45, 7) is 2.74. The van der Waals surface area contributed by atoms with Crippen LogP contribution in [0.15, 0.2) is 24.3 Å². The smallest absolute Gasteiger partial charge is 0.324 e. The third-order valence-corrected chi connectivity index (χ3v) is 3.03. The van der Waals surface area contributed by atoms with Crippen LogP contribution in [-0.2, 0) is 4.79 Å². The fourth-order valence-corrected chi connectivity index (χ4v) is 1.80. The van der Waals surface area contributed by atoms with Gasteiger partial charge in [-0.3, -0.25) is 10.1 Å². The monoisotopic (exact) mass is 279 g/mol. The lowest BCUT2D eigenvalue weighted by molar-refractivity contribution is -0.140. The van der Waals surface area contributed by atoms with Crippen molar-refractivity contribution in [3.05, 3.63) is 24.3 Å². The van der Waals surface area contributed by atoms with Crippen molar-refractivity contribution in [1.82, 2.24) is 5.32 Å². The van der Waals surface area contributed by atoms with Crippen molar-refractivity contribution in [3.8, 4) is 11.5 Å². The molecule has 20 heavy (non-hydrogen) atoms. The Labute approximate surface area is 118 Å². The lowest BCUT2D eigenvalue weighted by Crippen LogP contribution is -2.42. The molecule has 1 aromatic rings. The van der Waals surface area contributed by atoms with E-state index in [1.165, 1.54) is 0 Å². The van der Waals surface area contributed by atoms with Crippen LogP contribution in [0, 0.1) is 0 Å². The number of para-hydroxylation sites is 2. The topological polar surface area (TPSA) is 67.8 Å². The highest BCUT2D eigenvalue weighted by atomic mass is 16.5. The molecule has 0 saturated heterocycles. The van der Waals surface area contributed by atoms with E-state index in [1.54, 1.807) is 6.07 Å². The van der Waals surface area contributed by atoms with Gasteiger partial charge in [-0.1, -0.05) is 19.1 Å². The molecule has 2 rings (SSSR count). The molecule has 0 amide bonds. The van der Waals surface area contributed by atoms with E-state index in [1.807, 2.05) is 25.1 Å². The van der Waals surface area contributed by atoms with Crippen LogP contribution < -0.4 is 14.8 Å². The third kappa shape index (κ3) is 4.42. The molecule has 1 aliphatic carbocycles. The second-order valence-corrected chi connectivity index (χ2v) is 4.94. The Bertz CT molecular complexity index is 445. The van der Waals surface area contributed by atoms with Gasteiger partial charge in [-0.05, 0) is 31.4 Å². The standard InChI is InChI=1S/C15H21NO4/c1-2-9-19-13-5-3-4-6-14(13)20-10-12(15(17)18)16-11-7-8-11/h3-6,11-12,16H,2,7-10H2,1H3,(H,17,18). The molecule has 110 valence electrons. The van der Waals surface area contributed by atoms with Crippen LogP contribution in [0.3, 0.4) is 0 Å². The van der Waals surface area contributed by atoms with Crippen LogP contribution in [0.2, 0.25) is 0 Å². The maximum absolute atomic E-state index is 11.2. The average molecular weight is 279 g/mol. The quantitative estimate of drug-likeness (QED) is 0.724. The number of carbonyl (C=O) groups is 1. The van der Waals surface area contributed by atoms with Gasteiger partial charge in [0.1, 0.15) is 12.6 Å². The summed E-state index contributed by atoms with van der Waals surface area (Å²) in [4.78, 5) is 11.2. The molecule has 0 heterocycles. The van der Waals surface area contributed by atoms with Gasteiger partial charge >= 0.3 is 5.97 Å². The summed E-state index contributed by atoms with van der Waals surface area (Å²) in [5.74, 6) is 0.360. The van der Waals surface area contributed by atoms with E-state index in [9.17, 15) is 4.79 Å². The Balaban J connectivity index is 1.92. The highest BCUT2D eigenvalue weighted by Gasteiger charge is 2.28. The van der Waals surface area contributed by atoms with E-state index in [0.717, 1.165) is 19.3 Å². The largest absolute Gasteiger partial charge is 0.490 e. The van der Waals surface area contributed by atoms with Crippen molar-refractivity contribution < 1.29 is 19.4 Å². The predicted molar refractivity (Wildman–Crippen MR) is 75.3 cm³/mol. The van der Waals surface area contributed by atoms with Gasteiger partial charge in [0.15, 0.2) is 11.5 Å². The molecule has 1 aromatic carbocycles. The van der Waals surface area contributed by atoms with Crippen molar-refractivity contribution in [3.63, 3.8) is 0 Å². The summed E-state index contributed by atoms with van der Waals surface area (Å²) in [5.41, 5.74) is 0. The summed E-state index contributed by atoms with van der Waals surface area (Å²) in [5, 5.41) is 12.2. The van der Waals surface area contributed by atoms with E-state index in [2.05, 4.69) is 5.32 Å². The zero-order chi connectivity index (χ0) is 14.4. The second kappa shape index (κ2) is 7.14. The van der Waals surface area contributed by atoms with Gasteiger partial charge in [0, 0.05) is 6.04 Å². The Morgan fingerprint density at radius 3 is 2.55 bits per heavy atom. The lowest BCUT2D eigenvalue weighted by atomic mass is 10.3. The second-order valence-electron chi connectivity index (χ2n) is 4.94. The first-order chi connectivity index (χ1) is 9.70. The Morgan fingerprint density at radius 2 is 2.00 bits per heavy atom. The van der Waals surface area contributed by atoms with E-state index in [-0.39, 0.29) is 6.61 Å². The molecular formula is C15H21NO4. The molecule has 0 bridgehead atoms. The molecule has 1 unspecified atom stereocenters. The van der Waals surface area contributed by atoms with Crippen LogP contribution in [0.1, 0.15) is 26.2 Å². The Hall–Kier alpha value is -1.75. The fourth-order valence-electron chi connectivity index (χ4n) is 1.80. The minimum absolute atomic E-state index is 0.0956. The molecule has 0 aliphatic heterocycles. The van der Waals surface area contributed by atoms with Crippen LogP contribution in [0.4, 0.5) is 0 Å². The van der Waals surface area contributed by atoms with Gasteiger partial charge < -0.3 is 14.6 Å². The first-order valence-corrected chi connectivity index (χ1v) is 7.04. The number of hydrogen-bond acceptors (Lipinski definition) is 4. The molecule has 0 radical (unpaired) electrons. The Morgan fingerprint density at radius 1 is 1.35 bits per heavy atom. The number of ether oxygens (including phenoxy) is 2. The summed E-state index contributed by atoms with van der Waals surface area (Å²) in [6, 6.07) is 6.98. The molecule has 1 atom stereocenters. The number of carboxylic acids is 1. The molecular weight excluding hydrogens is 258 g/mol. The summed E-state index contributed by atoms with van der Waals surface area (Å²) >= 11 is 0. The van der Waals surface area contributed by atoms with Gasteiger partial charge in [0.05, 0.1) is 6.61 Å². The zero-order valence-corrected chi connectivity index (χ0v) is 11.7. The van der Waals surface area contributed by atoms with Crippen molar-refractivity contribution in [2.24, 2.45) is 0 Å². The molecule has 2 N–H and O–H groups in total. The molecule has 1 aliphatic rings. The van der Waals surface area contributed by atoms with Gasteiger partial charge in [0.2, 0.25) is 0 Å². The van der Waals surface area contributed by atoms with Crippen molar-refractivity contribution in [2.75, 3.05) is 13.2 Å². The van der Waals surface area contributed by atoms with E-state index < -0.39 is 12.0 Å². The highest BCUT2D eigenvalue weighted by molar-refractivity contribution is 5.73. The SMILES string of the molecule is CCCOc1ccccc1OCC(NC1CC1)C(=O)O. The van der Waals surface area contributed by atoms with Gasteiger partial charge in [-0.2, -0.15) is 0 Å². The number of nitrogens with one attached hydrogen (secondary N) is 1. The summed E-state index contributed by atoms with van der Waals surface area (Å²) < 4.78 is 11.2. The predicted octanol–water partition coefficient (Wildman–Crippen LogP) is 2.06. The molecule has 5 heteroatoms. The number of rotatable bonds is 9. The molecule has 1 saturated carbocycles. The summed E-state index contributed by atoms with van der Waals surface area (Å²) in [6.07, 6.45) is 3.00. The normalized spacial score (nSPS) is 15.7. The number of aliphatic carboxylic acids is 1. The van der Waals surface area contributed by atoms with Gasteiger partial charge in [0.25, 0.3) is 0 Å². The van der Waals surface area contributed by atoms with Crippen LogP contribution >= 0.6 is 0 Å². The maximum Gasteiger partial charge on any atom is 0.324 e. The first kappa shape index (κ1) is 14.7. The zero-order valence-electron chi connectivity index (χ0n) is 11.7. The van der Waals surface area contributed by atoms with Crippen LogP contribution in [0.5, 0.6) is 11.5 Å². The molecule has 0 aromatic heterocycles. The van der Waals surface area contributed by atoms with Gasteiger partial charge in [-0.15, -0.1) is 0 Å². The highest BCUT2D eigenvalue weighted by Crippen LogP contribution is 2.27.